The molecule has 0 aliphatic heterocycles. The number of hydrogen-bond acceptors (Lipinski definition) is 7. The highest BCUT2D eigenvalue weighted by Crippen LogP contribution is 2.37. The molecule has 0 aromatic rings. The molecule has 0 radical (unpaired) electrons. The van der Waals surface area contributed by atoms with Crippen molar-refractivity contribution in [1.82, 2.24) is 0 Å². The number of carbonyl (C=O) groups excluding carboxylic acids is 1. The first-order chi connectivity index (χ1) is 15.3. The lowest BCUT2D eigenvalue weighted by atomic mass is 9.69. The van der Waals surface area contributed by atoms with Gasteiger partial charge in [0, 0.05) is 10.8 Å². The zero-order valence-electron chi connectivity index (χ0n) is 21.0. The normalized spacial score (nSPS) is 13.0. The summed E-state index contributed by atoms with van der Waals surface area (Å²) in [6.07, 6.45) is 13.1. The van der Waals surface area contributed by atoms with E-state index in [2.05, 4.69) is 8.37 Å². The van der Waals surface area contributed by atoms with Gasteiger partial charge in [0.15, 0.2) is 0 Å². The molecule has 0 saturated heterocycles. The minimum Gasteiger partial charge on any atom is -0.299 e. The largest absolute Gasteiger partial charge is 0.397 e. The summed E-state index contributed by atoms with van der Waals surface area (Å²) in [6, 6.07) is 0. The van der Waals surface area contributed by atoms with Gasteiger partial charge in [-0.3, -0.25) is 13.5 Å². The summed E-state index contributed by atoms with van der Waals surface area (Å²) in [5.41, 5.74) is -0.695. The third-order valence-electron chi connectivity index (χ3n) is 6.05. The third-order valence-corrected chi connectivity index (χ3v) is 6.91. The maximum Gasteiger partial charge on any atom is 0.397 e. The second kappa shape index (κ2) is 17.0. The minimum absolute atomic E-state index is 0.0104. The van der Waals surface area contributed by atoms with Crippen molar-refractivity contribution >= 4 is 27.2 Å². The fraction of sp³-hybridized carbons (Fsp3) is 0.957. The van der Waals surface area contributed by atoms with Crippen LogP contribution < -0.4 is 0 Å². The maximum atomic E-state index is 13.2. The van der Waals surface area contributed by atoms with Crippen molar-refractivity contribution in [2.24, 2.45) is 10.8 Å². The van der Waals surface area contributed by atoms with E-state index in [9.17, 15) is 21.6 Å². The number of ketones is 1. The third kappa shape index (κ3) is 18.5. The van der Waals surface area contributed by atoms with Gasteiger partial charge in [-0.15, -0.1) is 0 Å². The van der Waals surface area contributed by atoms with Crippen molar-refractivity contribution in [2.45, 2.75) is 118 Å². The Kier molecular flexibility index (Phi) is 16.7. The van der Waals surface area contributed by atoms with Gasteiger partial charge in [-0.1, -0.05) is 91.9 Å². The average Bonchev–Trinajstić information content (AvgIpc) is 2.69. The summed E-state index contributed by atoms with van der Waals surface area (Å²) in [4.78, 5) is 13.2. The molecule has 0 heterocycles. The van der Waals surface area contributed by atoms with Crippen LogP contribution in [-0.4, -0.2) is 40.4 Å². The topological polar surface area (TPSA) is 124 Å². The Labute approximate surface area is 203 Å². The van der Waals surface area contributed by atoms with Crippen LogP contribution in [0.25, 0.3) is 0 Å². The van der Waals surface area contributed by atoms with Gasteiger partial charge in [-0.25, -0.2) is 12.6 Å². The van der Waals surface area contributed by atoms with Crippen LogP contribution in [0.2, 0.25) is 0 Å². The van der Waals surface area contributed by atoms with Crippen LogP contribution in [0.3, 0.4) is 0 Å². The predicted molar refractivity (Wildman–Crippen MR) is 131 cm³/mol. The average molecular weight is 515 g/mol. The second-order valence-corrected chi connectivity index (χ2v) is 11.9. The van der Waals surface area contributed by atoms with Crippen molar-refractivity contribution in [3.63, 3.8) is 0 Å². The molecule has 0 atom stereocenters. The highest BCUT2D eigenvalue weighted by molar-refractivity contribution is 7.80. The Balaban J connectivity index is 3.95. The Morgan fingerprint density at radius 2 is 1.06 bits per heavy atom. The number of hydrogen-bond donors (Lipinski definition) is 2. The SMILES string of the molecule is CC(C)(CCCCCCCCO[SH](=O)=O)C(=O)C(C)(C)CCCCCCCCOS(=O)(=O)O. The minimum atomic E-state index is -4.33. The molecule has 198 valence electrons. The van der Waals surface area contributed by atoms with Gasteiger partial charge in [0.25, 0.3) is 11.0 Å². The Morgan fingerprint density at radius 1 is 0.697 bits per heavy atom. The summed E-state index contributed by atoms with van der Waals surface area (Å²) >= 11 is 0. The van der Waals surface area contributed by atoms with Gasteiger partial charge < -0.3 is 0 Å². The molecule has 0 saturated carbocycles. The summed E-state index contributed by atoms with van der Waals surface area (Å²) < 4.78 is 58.9. The fourth-order valence-electron chi connectivity index (χ4n) is 4.20. The van der Waals surface area contributed by atoms with Gasteiger partial charge in [0.1, 0.15) is 5.78 Å². The molecule has 0 aromatic carbocycles. The van der Waals surface area contributed by atoms with Crippen molar-refractivity contribution in [1.29, 1.82) is 0 Å². The molecule has 0 amide bonds. The van der Waals surface area contributed by atoms with Crippen molar-refractivity contribution in [3.8, 4) is 0 Å². The molecule has 0 bridgehead atoms. The van der Waals surface area contributed by atoms with Crippen LogP contribution in [0.4, 0.5) is 0 Å². The summed E-state index contributed by atoms with van der Waals surface area (Å²) in [7, 11) is -7.06. The van der Waals surface area contributed by atoms with Crippen molar-refractivity contribution in [2.75, 3.05) is 13.2 Å². The van der Waals surface area contributed by atoms with E-state index >= 15 is 0 Å². The Morgan fingerprint density at radius 3 is 1.45 bits per heavy atom. The monoisotopic (exact) mass is 514 g/mol. The number of Topliss-reactive ketones (excluding diaryl/α,β-unsaturated/α-hetero) is 1. The summed E-state index contributed by atoms with van der Waals surface area (Å²) in [5.74, 6) is 0.321. The zero-order valence-corrected chi connectivity index (χ0v) is 22.7. The molecule has 10 heteroatoms. The van der Waals surface area contributed by atoms with Crippen LogP contribution in [0.5, 0.6) is 0 Å². The predicted octanol–water partition coefficient (Wildman–Crippen LogP) is 5.43. The lowest BCUT2D eigenvalue weighted by Gasteiger charge is -2.33. The summed E-state index contributed by atoms with van der Waals surface area (Å²) in [5, 5.41) is 0. The molecule has 8 nitrogen and oxygen atoms in total. The standard InChI is InChI=1S/C23H46O8S2/c1-22(2,17-13-9-5-7-11-15-19-30-32(25)26)21(24)23(3,4)18-14-10-6-8-12-16-20-31-33(27,28)29/h32H,5-20H2,1-4H3,(H,27,28,29). The smallest absolute Gasteiger partial charge is 0.299 e. The van der Waals surface area contributed by atoms with Crippen molar-refractivity contribution in [3.05, 3.63) is 0 Å². The molecular weight excluding hydrogens is 468 g/mol. The van der Waals surface area contributed by atoms with Gasteiger partial charge >= 0.3 is 10.4 Å². The van der Waals surface area contributed by atoms with Crippen LogP contribution in [0, 0.1) is 10.8 Å². The zero-order chi connectivity index (χ0) is 25.4. The van der Waals surface area contributed by atoms with Gasteiger partial charge in [0.05, 0.1) is 13.2 Å². The number of rotatable bonds is 22. The van der Waals surface area contributed by atoms with Gasteiger partial charge in [0.2, 0.25) is 0 Å². The Bertz CT molecular complexity index is 704. The quantitative estimate of drug-likeness (QED) is 0.111. The molecule has 0 fully saturated rings. The van der Waals surface area contributed by atoms with E-state index < -0.39 is 21.4 Å². The molecule has 0 unspecified atom stereocenters. The molecule has 0 rings (SSSR count). The van der Waals surface area contributed by atoms with E-state index in [1.807, 2.05) is 27.7 Å². The number of thiol groups is 1. The number of unbranched alkanes of at least 4 members (excludes halogenated alkanes) is 10. The van der Waals surface area contributed by atoms with E-state index in [0.717, 1.165) is 83.5 Å². The van der Waals surface area contributed by atoms with E-state index in [1.165, 1.54) is 0 Å². The fourth-order valence-corrected chi connectivity index (χ4v) is 4.81. The molecule has 0 aliphatic carbocycles. The second-order valence-electron chi connectivity index (χ2n) is 10.1. The molecule has 0 spiro atoms. The van der Waals surface area contributed by atoms with Crippen LogP contribution >= 0.6 is 0 Å². The van der Waals surface area contributed by atoms with Crippen LogP contribution in [-0.2, 0) is 34.5 Å². The molecule has 33 heavy (non-hydrogen) atoms. The lowest BCUT2D eigenvalue weighted by molar-refractivity contribution is -0.136. The molecule has 0 aliphatic rings. The lowest BCUT2D eigenvalue weighted by Crippen LogP contribution is -2.37. The van der Waals surface area contributed by atoms with Crippen LogP contribution in [0.15, 0.2) is 0 Å². The van der Waals surface area contributed by atoms with E-state index in [4.69, 9.17) is 4.55 Å². The van der Waals surface area contributed by atoms with Crippen molar-refractivity contribution < 1.29 is 34.5 Å². The molecule has 0 aromatic heterocycles. The first kappa shape index (κ1) is 32.5. The maximum absolute atomic E-state index is 13.2. The highest BCUT2D eigenvalue weighted by atomic mass is 32.3. The van der Waals surface area contributed by atoms with Gasteiger partial charge in [-0.2, -0.15) is 8.42 Å². The first-order valence-electron chi connectivity index (χ1n) is 12.2. The van der Waals surface area contributed by atoms with E-state index in [-0.39, 0.29) is 24.0 Å². The van der Waals surface area contributed by atoms with Crippen LogP contribution in [0.1, 0.15) is 118 Å². The van der Waals surface area contributed by atoms with Gasteiger partial charge in [-0.05, 0) is 25.7 Å². The Hall–Kier alpha value is -0.550. The summed E-state index contributed by atoms with van der Waals surface area (Å²) in [6.45, 7) is 8.46. The molecular formula is C23H46O8S2. The molecule has 1 N–H and O–H groups in total. The van der Waals surface area contributed by atoms with E-state index in [1.54, 1.807) is 0 Å². The van der Waals surface area contributed by atoms with E-state index in [0.29, 0.717) is 12.2 Å². The first-order valence-corrected chi connectivity index (χ1v) is 14.7. The highest BCUT2D eigenvalue weighted by Gasteiger charge is 2.37. The number of carbonyl (C=O) groups is 1.